The topological polar surface area (TPSA) is 25.4 Å². The summed E-state index contributed by atoms with van der Waals surface area (Å²) < 4.78 is 106. The molecule has 2 heterocycles. The number of pyridine rings is 1. The third-order valence-electron chi connectivity index (χ3n) is 5.26. The quantitative estimate of drug-likeness (QED) is 0.191. The smallest absolute Gasteiger partial charge is 0.418 e. The maximum Gasteiger partial charge on any atom is 0.418 e. The normalized spacial score (nSPS) is 12.7. The molecule has 0 aliphatic carbocycles. The molecule has 3 aromatic carbocycles. The summed E-state index contributed by atoms with van der Waals surface area (Å²) in [5, 5.41) is 0. The third-order valence-corrected chi connectivity index (χ3v) is 5.26. The second kappa shape index (κ2) is 7.75. The minimum Gasteiger partial charge on any atom is -0.453 e. The van der Waals surface area contributed by atoms with E-state index in [1.54, 1.807) is 12.1 Å². The summed E-state index contributed by atoms with van der Waals surface area (Å²) in [7, 11) is 0. The molecular weight excluding hydrogens is 465 g/mol. The van der Waals surface area contributed by atoms with Crippen LogP contribution in [0, 0.1) is 23.5 Å². The first kappa shape index (κ1) is 21.7. The van der Waals surface area contributed by atoms with Crippen LogP contribution in [0.25, 0.3) is 11.1 Å². The van der Waals surface area contributed by atoms with Crippen LogP contribution < -0.4 is 9.64 Å². The fourth-order valence-electron chi connectivity index (χ4n) is 3.88. The van der Waals surface area contributed by atoms with E-state index in [1.807, 2.05) is 0 Å². The van der Waals surface area contributed by atoms with Gasteiger partial charge in [0.2, 0.25) is 0 Å². The number of fused-ring (bicyclic) bond motifs is 2. The molecule has 3 nitrogen and oxygen atoms in total. The summed E-state index contributed by atoms with van der Waals surface area (Å²) in [6.45, 7) is 0. The Balaban J connectivity index is 1.93. The Hall–Kier alpha value is -4.08. The molecular formula is C24H11F7N2O. The second-order valence-electron chi connectivity index (χ2n) is 7.27. The molecule has 0 amide bonds. The van der Waals surface area contributed by atoms with Gasteiger partial charge in [-0.05, 0) is 30.3 Å². The molecule has 0 saturated heterocycles. The van der Waals surface area contributed by atoms with E-state index >= 15 is 0 Å². The third kappa shape index (κ3) is 3.33. The molecule has 4 aromatic rings. The highest BCUT2D eigenvalue weighted by molar-refractivity contribution is 5.94. The molecule has 0 bridgehead atoms. The molecule has 0 atom stereocenters. The number of hydrogen-bond donors (Lipinski definition) is 0. The Morgan fingerprint density at radius 3 is 1.74 bits per heavy atom. The average molecular weight is 476 g/mol. The number of benzene rings is 3. The lowest BCUT2D eigenvalue weighted by molar-refractivity contribution is -0.137. The fraction of sp³-hybridized carbons (Fsp3) is 0.0417. The van der Waals surface area contributed by atoms with Crippen LogP contribution in [0.4, 0.5) is 47.8 Å². The number of ether oxygens (including phenoxy) is 1. The Bertz CT molecular complexity index is 1360. The predicted molar refractivity (Wildman–Crippen MR) is 109 cm³/mol. The molecule has 10 heteroatoms. The van der Waals surface area contributed by atoms with Crippen molar-refractivity contribution in [1.29, 1.82) is 0 Å². The number of halogens is 7. The zero-order valence-corrected chi connectivity index (χ0v) is 16.8. The fourth-order valence-corrected chi connectivity index (χ4v) is 3.88. The zero-order chi connectivity index (χ0) is 24.2. The van der Waals surface area contributed by atoms with Gasteiger partial charge in [0.1, 0.15) is 0 Å². The van der Waals surface area contributed by atoms with Crippen LogP contribution in [-0.2, 0) is 6.18 Å². The number of rotatable bonds is 2. The Morgan fingerprint density at radius 1 is 0.676 bits per heavy atom. The van der Waals surface area contributed by atoms with Crippen molar-refractivity contribution in [3.63, 3.8) is 0 Å². The van der Waals surface area contributed by atoms with Gasteiger partial charge in [0.15, 0.2) is 23.1 Å². The van der Waals surface area contributed by atoms with E-state index in [2.05, 4.69) is 4.98 Å². The Kier molecular flexibility index (Phi) is 4.96. The lowest BCUT2D eigenvalue weighted by atomic mass is 9.96. The molecule has 1 aromatic heterocycles. The molecule has 0 N–H and O–H groups in total. The molecule has 0 fully saturated rings. The Labute approximate surface area is 187 Å². The van der Waals surface area contributed by atoms with E-state index in [9.17, 15) is 30.7 Å². The molecule has 172 valence electrons. The van der Waals surface area contributed by atoms with Crippen molar-refractivity contribution in [1.82, 2.24) is 4.98 Å². The first-order valence-electron chi connectivity index (χ1n) is 9.75. The highest BCUT2D eigenvalue weighted by Gasteiger charge is 2.40. The van der Waals surface area contributed by atoms with Crippen molar-refractivity contribution in [2.75, 3.05) is 4.90 Å². The Morgan fingerprint density at radius 2 is 1.21 bits per heavy atom. The summed E-state index contributed by atoms with van der Waals surface area (Å²) in [5.41, 5.74) is -3.82. The van der Waals surface area contributed by atoms with Crippen molar-refractivity contribution in [3.8, 4) is 22.6 Å². The molecule has 5 rings (SSSR count). The van der Waals surface area contributed by atoms with Crippen LogP contribution >= 0.6 is 0 Å². The summed E-state index contributed by atoms with van der Waals surface area (Å²) in [5.74, 6) is -7.49. The average Bonchev–Trinajstić information content (AvgIpc) is 2.81. The molecule has 0 spiro atoms. The van der Waals surface area contributed by atoms with Gasteiger partial charge in [0.05, 0.1) is 28.2 Å². The summed E-state index contributed by atoms with van der Waals surface area (Å²) in [6, 6.07) is 14.7. The monoisotopic (exact) mass is 476 g/mol. The largest absolute Gasteiger partial charge is 0.453 e. The molecule has 1 aliphatic heterocycles. The standard InChI is InChI=1S/C24H11F7N2O/c25-19-18(20(26)23(28)32-22(19)27)12-6-5-7-13(24(29,30)31)21(12)33-14-8-1-3-10-16(14)34-17-11-4-2-9-15(17)33/h1-11H. The van der Waals surface area contributed by atoms with Gasteiger partial charge in [0, 0.05) is 5.56 Å². The summed E-state index contributed by atoms with van der Waals surface area (Å²) in [6.07, 6.45) is -5.00. The maximum atomic E-state index is 14.7. The van der Waals surface area contributed by atoms with Crippen molar-refractivity contribution in [3.05, 3.63) is 95.8 Å². The van der Waals surface area contributed by atoms with Gasteiger partial charge in [0.25, 0.3) is 11.9 Å². The van der Waals surface area contributed by atoms with Crippen LogP contribution in [0.5, 0.6) is 11.5 Å². The number of hydrogen-bond acceptors (Lipinski definition) is 3. The van der Waals surface area contributed by atoms with Gasteiger partial charge in [-0.3, -0.25) is 0 Å². The van der Waals surface area contributed by atoms with Gasteiger partial charge in [-0.25, -0.2) is 8.78 Å². The number of nitrogens with zero attached hydrogens (tertiary/aromatic N) is 2. The number of para-hydroxylation sites is 5. The van der Waals surface area contributed by atoms with Crippen LogP contribution in [-0.4, -0.2) is 4.98 Å². The van der Waals surface area contributed by atoms with E-state index in [4.69, 9.17) is 4.74 Å². The van der Waals surface area contributed by atoms with Gasteiger partial charge in [-0.2, -0.15) is 26.9 Å². The minimum atomic E-state index is -5.00. The van der Waals surface area contributed by atoms with Gasteiger partial charge in [-0.1, -0.05) is 36.4 Å². The summed E-state index contributed by atoms with van der Waals surface area (Å²) in [4.78, 5) is 3.60. The van der Waals surface area contributed by atoms with E-state index in [0.29, 0.717) is 6.07 Å². The van der Waals surface area contributed by atoms with Gasteiger partial charge >= 0.3 is 6.18 Å². The molecule has 1 aliphatic rings. The SMILES string of the molecule is Fc1nc(F)c(F)c(-c2cccc(C(F)(F)F)c2N2c3ccccc3Oc3ccccc32)c1F. The highest BCUT2D eigenvalue weighted by Crippen LogP contribution is 2.55. The van der Waals surface area contributed by atoms with Crippen molar-refractivity contribution < 1.29 is 35.5 Å². The maximum absolute atomic E-state index is 14.7. The molecule has 0 radical (unpaired) electrons. The van der Waals surface area contributed by atoms with Crippen LogP contribution in [0.15, 0.2) is 66.7 Å². The van der Waals surface area contributed by atoms with Gasteiger partial charge in [-0.15, -0.1) is 0 Å². The lowest BCUT2D eigenvalue weighted by Gasteiger charge is -2.35. The zero-order valence-electron chi connectivity index (χ0n) is 16.8. The molecule has 34 heavy (non-hydrogen) atoms. The number of aromatic nitrogens is 1. The van der Waals surface area contributed by atoms with Crippen LogP contribution in [0.2, 0.25) is 0 Å². The minimum absolute atomic E-state index is 0.120. The number of alkyl halides is 3. The van der Waals surface area contributed by atoms with Crippen LogP contribution in [0.1, 0.15) is 5.56 Å². The van der Waals surface area contributed by atoms with E-state index in [-0.39, 0.29) is 22.9 Å². The van der Waals surface area contributed by atoms with E-state index in [1.165, 1.54) is 36.4 Å². The number of anilines is 3. The van der Waals surface area contributed by atoms with E-state index in [0.717, 1.165) is 17.0 Å². The predicted octanol–water partition coefficient (Wildman–Crippen LogP) is 7.90. The van der Waals surface area contributed by atoms with Crippen molar-refractivity contribution in [2.45, 2.75) is 6.18 Å². The molecule has 0 saturated carbocycles. The molecule has 0 unspecified atom stereocenters. The summed E-state index contributed by atoms with van der Waals surface area (Å²) >= 11 is 0. The first-order chi connectivity index (χ1) is 16.2. The van der Waals surface area contributed by atoms with E-state index < -0.39 is 52.1 Å². The lowest BCUT2D eigenvalue weighted by Crippen LogP contribution is -2.21. The van der Waals surface area contributed by atoms with Crippen molar-refractivity contribution >= 4 is 17.1 Å². The highest BCUT2D eigenvalue weighted by atomic mass is 19.4. The van der Waals surface area contributed by atoms with Gasteiger partial charge < -0.3 is 9.64 Å². The van der Waals surface area contributed by atoms with Crippen molar-refractivity contribution in [2.24, 2.45) is 0 Å². The van der Waals surface area contributed by atoms with Crippen LogP contribution in [0.3, 0.4) is 0 Å². The first-order valence-corrected chi connectivity index (χ1v) is 9.75. The second-order valence-corrected chi connectivity index (χ2v) is 7.27.